The smallest absolute Gasteiger partial charge is 0.303 e. The lowest BCUT2D eigenvalue weighted by Crippen LogP contribution is -2.04. The first-order chi connectivity index (χ1) is 12.8. The van der Waals surface area contributed by atoms with Crippen molar-refractivity contribution in [1.82, 2.24) is 9.78 Å². The molecule has 5 nitrogen and oxygen atoms in total. The van der Waals surface area contributed by atoms with E-state index in [-0.39, 0.29) is 12.3 Å². The average Bonchev–Trinajstić information content (AvgIpc) is 3.04. The van der Waals surface area contributed by atoms with Gasteiger partial charge in [0.05, 0.1) is 18.1 Å². The number of rotatable bonds is 7. The van der Waals surface area contributed by atoms with Crippen molar-refractivity contribution < 1.29 is 14.6 Å². The molecular formula is C22H26N2O3. The molecule has 1 heterocycles. The monoisotopic (exact) mass is 366 g/mol. The summed E-state index contributed by atoms with van der Waals surface area (Å²) in [5.74, 6) is -0.0228. The van der Waals surface area contributed by atoms with Crippen molar-refractivity contribution in [3.05, 3.63) is 59.3 Å². The van der Waals surface area contributed by atoms with Gasteiger partial charge in [-0.05, 0) is 61.6 Å². The number of hydrogen-bond acceptors (Lipinski definition) is 3. The Labute approximate surface area is 159 Å². The van der Waals surface area contributed by atoms with Crippen molar-refractivity contribution in [2.45, 2.75) is 52.7 Å². The van der Waals surface area contributed by atoms with E-state index < -0.39 is 5.97 Å². The maximum absolute atomic E-state index is 10.8. The zero-order valence-corrected chi connectivity index (χ0v) is 16.3. The highest BCUT2D eigenvalue weighted by Crippen LogP contribution is 2.25. The van der Waals surface area contributed by atoms with Crippen LogP contribution in [0.2, 0.25) is 0 Å². The Hall–Kier alpha value is -2.82. The predicted octanol–water partition coefficient (Wildman–Crippen LogP) is 5.08. The van der Waals surface area contributed by atoms with Gasteiger partial charge in [-0.1, -0.05) is 25.1 Å². The highest BCUT2D eigenvalue weighted by molar-refractivity contribution is 5.82. The molecule has 0 saturated carbocycles. The third-order valence-corrected chi connectivity index (χ3v) is 4.76. The summed E-state index contributed by atoms with van der Waals surface area (Å²) in [6.07, 6.45) is 2.04. The van der Waals surface area contributed by atoms with Gasteiger partial charge in [0.2, 0.25) is 0 Å². The van der Waals surface area contributed by atoms with Crippen LogP contribution in [0.25, 0.3) is 10.9 Å². The van der Waals surface area contributed by atoms with Crippen LogP contribution in [0, 0.1) is 6.92 Å². The Bertz CT molecular complexity index is 942. The van der Waals surface area contributed by atoms with Crippen molar-refractivity contribution >= 4 is 16.9 Å². The molecule has 0 aliphatic rings. The maximum Gasteiger partial charge on any atom is 0.303 e. The van der Waals surface area contributed by atoms with Gasteiger partial charge in [0.25, 0.3) is 0 Å². The van der Waals surface area contributed by atoms with Gasteiger partial charge in [-0.3, -0.25) is 9.48 Å². The van der Waals surface area contributed by atoms with Crippen LogP contribution in [0.1, 0.15) is 55.8 Å². The molecule has 1 aromatic heterocycles. The number of carboxylic acids is 1. The first-order valence-corrected chi connectivity index (χ1v) is 9.26. The standard InChI is InChI=1S/C22H26N2O3/c1-14(2)24-22-16(4)9-17(11-19(22)12-23-24)13-27-20-7-5-18(6-8-20)15(3)10-21(25)26/h5-9,11-12,14-15H,10,13H2,1-4H3,(H,25,26). The van der Waals surface area contributed by atoms with Gasteiger partial charge >= 0.3 is 5.97 Å². The Kier molecular flexibility index (Phi) is 5.49. The van der Waals surface area contributed by atoms with Gasteiger partial charge in [-0.15, -0.1) is 0 Å². The van der Waals surface area contributed by atoms with E-state index in [2.05, 4.69) is 38.0 Å². The second kappa shape index (κ2) is 7.82. The third-order valence-electron chi connectivity index (χ3n) is 4.76. The van der Waals surface area contributed by atoms with Crippen LogP contribution in [-0.2, 0) is 11.4 Å². The Morgan fingerprint density at radius 2 is 1.89 bits per heavy atom. The van der Waals surface area contributed by atoms with E-state index in [0.29, 0.717) is 12.6 Å². The number of carboxylic acid groups (broad SMARTS) is 1. The van der Waals surface area contributed by atoms with Gasteiger partial charge in [0, 0.05) is 11.4 Å². The fraction of sp³-hybridized carbons (Fsp3) is 0.364. The number of ether oxygens (including phenoxy) is 1. The normalized spacial score (nSPS) is 12.5. The minimum atomic E-state index is -0.783. The summed E-state index contributed by atoms with van der Waals surface area (Å²) < 4.78 is 7.97. The lowest BCUT2D eigenvalue weighted by atomic mass is 9.98. The van der Waals surface area contributed by atoms with E-state index in [1.807, 2.05) is 42.1 Å². The number of nitrogens with zero attached hydrogens (tertiary/aromatic N) is 2. The summed E-state index contributed by atoms with van der Waals surface area (Å²) in [7, 11) is 0. The molecule has 0 radical (unpaired) electrons. The number of aliphatic carboxylic acids is 1. The summed E-state index contributed by atoms with van der Waals surface area (Å²) in [5.41, 5.74) is 4.47. The Morgan fingerprint density at radius 1 is 1.19 bits per heavy atom. The first kappa shape index (κ1) is 19.0. The van der Waals surface area contributed by atoms with Gasteiger partial charge in [0.1, 0.15) is 12.4 Å². The van der Waals surface area contributed by atoms with Crippen LogP contribution < -0.4 is 4.74 Å². The lowest BCUT2D eigenvalue weighted by molar-refractivity contribution is -0.137. The molecule has 0 fully saturated rings. The molecule has 0 aliphatic heterocycles. The zero-order chi connectivity index (χ0) is 19.6. The first-order valence-electron chi connectivity index (χ1n) is 9.26. The van der Waals surface area contributed by atoms with Crippen LogP contribution >= 0.6 is 0 Å². The molecule has 0 bridgehead atoms. The Morgan fingerprint density at radius 3 is 2.52 bits per heavy atom. The number of carbonyl (C=O) groups is 1. The third kappa shape index (κ3) is 4.30. The summed E-state index contributed by atoms with van der Waals surface area (Å²) in [5, 5.41) is 14.5. The molecule has 3 rings (SSSR count). The van der Waals surface area contributed by atoms with E-state index >= 15 is 0 Å². The van der Waals surface area contributed by atoms with Crippen LogP contribution in [-0.4, -0.2) is 20.9 Å². The van der Waals surface area contributed by atoms with Crippen molar-refractivity contribution in [2.75, 3.05) is 0 Å². The van der Waals surface area contributed by atoms with Crippen molar-refractivity contribution in [3.8, 4) is 5.75 Å². The molecule has 0 saturated heterocycles. The lowest BCUT2D eigenvalue weighted by Gasteiger charge is -2.12. The summed E-state index contributed by atoms with van der Waals surface area (Å²) >= 11 is 0. The minimum absolute atomic E-state index is 0.0147. The van der Waals surface area contributed by atoms with E-state index in [9.17, 15) is 4.79 Å². The van der Waals surface area contributed by atoms with Crippen LogP contribution in [0.15, 0.2) is 42.6 Å². The average molecular weight is 366 g/mol. The maximum atomic E-state index is 10.8. The molecule has 0 aliphatic carbocycles. The van der Waals surface area contributed by atoms with Crippen LogP contribution in [0.4, 0.5) is 0 Å². The SMILES string of the molecule is Cc1cc(COc2ccc(C(C)CC(=O)O)cc2)cc2cnn(C(C)C)c12. The van der Waals surface area contributed by atoms with Gasteiger partial charge < -0.3 is 9.84 Å². The number of fused-ring (bicyclic) bond motifs is 1. The molecule has 2 aromatic carbocycles. The fourth-order valence-corrected chi connectivity index (χ4v) is 3.39. The number of aryl methyl sites for hydroxylation is 1. The topological polar surface area (TPSA) is 64.3 Å². The summed E-state index contributed by atoms with van der Waals surface area (Å²) in [4.78, 5) is 10.8. The predicted molar refractivity (Wildman–Crippen MR) is 106 cm³/mol. The molecule has 3 aromatic rings. The van der Waals surface area contributed by atoms with Crippen molar-refractivity contribution in [2.24, 2.45) is 0 Å². The fourth-order valence-electron chi connectivity index (χ4n) is 3.39. The summed E-state index contributed by atoms with van der Waals surface area (Å²) in [6, 6.07) is 12.3. The zero-order valence-electron chi connectivity index (χ0n) is 16.3. The van der Waals surface area contributed by atoms with E-state index in [0.717, 1.165) is 22.3 Å². The molecule has 0 spiro atoms. The van der Waals surface area contributed by atoms with E-state index in [1.165, 1.54) is 11.1 Å². The van der Waals surface area contributed by atoms with Gasteiger partial charge in [-0.25, -0.2) is 0 Å². The summed E-state index contributed by atoms with van der Waals surface area (Å²) in [6.45, 7) is 8.76. The van der Waals surface area contributed by atoms with Crippen molar-refractivity contribution in [3.63, 3.8) is 0 Å². The highest BCUT2D eigenvalue weighted by atomic mass is 16.5. The van der Waals surface area contributed by atoms with E-state index in [1.54, 1.807) is 0 Å². The molecule has 5 heteroatoms. The quantitative estimate of drug-likeness (QED) is 0.633. The molecule has 142 valence electrons. The molecule has 1 unspecified atom stereocenters. The number of benzene rings is 2. The Balaban J connectivity index is 1.70. The number of hydrogen-bond donors (Lipinski definition) is 1. The molecule has 1 atom stereocenters. The van der Waals surface area contributed by atoms with Gasteiger partial charge in [-0.2, -0.15) is 5.10 Å². The molecule has 1 N–H and O–H groups in total. The molecule has 27 heavy (non-hydrogen) atoms. The van der Waals surface area contributed by atoms with Crippen LogP contribution in [0.5, 0.6) is 5.75 Å². The minimum Gasteiger partial charge on any atom is -0.489 e. The molecule has 0 amide bonds. The number of aromatic nitrogens is 2. The molecular weight excluding hydrogens is 340 g/mol. The van der Waals surface area contributed by atoms with E-state index in [4.69, 9.17) is 9.84 Å². The second-order valence-corrected chi connectivity index (χ2v) is 7.39. The van der Waals surface area contributed by atoms with Crippen molar-refractivity contribution in [1.29, 1.82) is 0 Å². The van der Waals surface area contributed by atoms with Crippen LogP contribution in [0.3, 0.4) is 0 Å². The van der Waals surface area contributed by atoms with Gasteiger partial charge in [0.15, 0.2) is 0 Å². The second-order valence-electron chi connectivity index (χ2n) is 7.39. The highest BCUT2D eigenvalue weighted by Gasteiger charge is 2.11. The largest absolute Gasteiger partial charge is 0.489 e.